The van der Waals surface area contributed by atoms with Gasteiger partial charge in [-0.3, -0.25) is 0 Å². The van der Waals surface area contributed by atoms with Crippen LogP contribution in [0.25, 0.3) is 0 Å². The maximum atomic E-state index is 10.2. The summed E-state index contributed by atoms with van der Waals surface area (Å²) in [5, 5.41) is 14.4. The maximum absolute atomic E-state index is 10.2. The molecule has 2 rings (SSSR count). The Bertz CT molecular complexity index is 439. The standard InChI is InChI=1S/C15H18O2S/c1-17-15(13-5-3-2-4-6-13)14(16)8-7-12-9-10-18-11-12/h2-6,9-11,14-16H,7-8H2,1H3. The number of aryl methyl sites for hydroxylation is 1. The molecule has 0 radical (unpaired) electrons. The molecule has 1 N–H and O–H groups in total. The summed E-state index contributed by atoms with van der Waals surface area (Å²) in [6, 6.07) is 12.0. The van der Waals surface area contributed by atoms with Crippen LogP contribution in [0.15, 0.2) is 47.2 Å². The van der Waals surface area contributed by atoms with Crippen LogP contribution in [0.4, 0.5) is 0 Å². The van der Waals surface area contributed by atoms with Crippen molar-refractivity contribution in [3.63, 3.8) is 0 Å². The van der Waals surface area contributed by atoms with E-state index in [0.29, 0.717) is 6.42 Å². The fourth-order valence-corrected chi connectivity index (χ4v) is 2.76. The van der Waals surface area contributed by atoms with Crippen LogP contribution in [0, 0.1) is 0 Å². The predicted molar refractivity (Wildman–Crippen MR) is 74.8 cm³/mol. The molecule has 2 aromatic rings. The molecule has 96 valence electrons. The average molecular weight is 262 g/mol. The first-order chi connectivity index (χ1) is 8.81. The number of ether oxygens (including phenoxy) is 1. The first kappa shape index (κ1) is 13.3. The van der Waals surface area contributed by atoms with Crippen molar-refractivity contribution < 1.29 is 9.84 Å². The molecule has 0 aliphatic heterocycles. The zero-order valence-electron chi connectivity index (χ0n) is 10.5. The molecule has 0 fully saturated rings. The molecule has 0 spiro atoms. The zero-order chi connectivity index (χ0) is 12.8. The summed E-state index contributed by atoms with van der Waals surface area (Å²) in [4.78, 5) is 0. The van der Waals surface area contributed by atoms with Crippen molar-refractivity contribution in [1.82, 2.24) is 0 Å². The third-order valence-electron chi connectivity index (χ3n) is 3.04. The number of aliphatic hydroxyl groups excluding tert-OH is 1. The fraction of sp³-hybridized carbons (Fsp3) is 0.333. The summed E-state index contributed by atoms with van der Waals surface area (Å²) in [6.45, 7) is 0. The number of benzene rings is 1. The Morgan fingerprint density at radius 2 is 2.00 bits per heavy atom. The van der Waals surface area contributed by atoms with Gasteiger partial charge in [0.05, 0.1) is 6.10 Å². The van der Waals surface area contributed by atoms with Gasteiger partial charge in [-0.05, 0) is 40.8 Å². The second-order valence-corrected chi connectivity index (χ2v) is 5.08. The summed E-state index contributed by atoms with van der Waals surface area (Å²) in [6.07, 6.45) is 0.878. The van der Waals surface area contributed by atoms with Crippen LogP contribution in [-0.4, -0.2) is 18.3 Å². The van der Waals surface area contributed by atoms with Crippen LogP contribution in [0.5, 0.6) is 0 Å². The lowest BCUT2D eigenvalue weighted by Gasteiger charge is -2.21. The van der Waals surface area contributed by atoms with Crippen LogP contribution in [-0.2, 0) is 11.2 Å². The van der Waals surface area contributed by atoms with Crippen molar-refractivity contribution in [2.45, 2.75) is 25.0 Å². The lowest BCUT2D eigenvalue weighted by molar-refractivity contribution is -0.0170. The van der Waals surface area contributed by atoms with Gasteiger partial charge in [-0.15, -0.1) is 0 Å². The van der Waals surface area contributed by atoms with Gasteiger partial charge in [0.15, 0.2) is 0 Å². The molecule has 2 nitrogen and oxygen atoms in total. The average Bonchev–Trinajstić information content (AvgIpc) is 2.92. The molecular formula is C15H18O2S. The summed E-state index contributed by atoms with van der Waals surface area (Å²) in [5.41, 5.74) is 2.31. The van der Waals surface area contributed by atoms with Crippen molar-refractivity contribution in [3.8, 4) is 0 Å². The molecule has 0 amide bonds. The number of hydrogen-bond acceptors (Lipinski definition) is 3. The molecule has 0 saturated carbocycles. The van der Waals surface area contributed by atoms with E-state index in [4.69, 9.17) is 4.74 Å². The van der Waals surface area contributed by atoms with E-state index in [9.17, 15) is 5.11 Å². The summed E-state index contributed by atoms with van der Waals surface area (Å²) < 4.78 is 5.42. The van der Waals surface area contributed by atoms with Gasteiger partial charge in [-0.2, -0.15) is 11.3 Å². The van der Waals surface area contributed by atoms with Gasteiger partial charge in [-0.1, -0.05) is 30.3 Å². The highest BCUT2D eigenvalue weighted by atomic mass is 32.1. The minimum atomic E-state index is -0.475. The van der Waals surface area contributed by atoms with Crippen LogP contribution in [0.2, 0.25) is 0 Å². The molecule has 0 saturated heterocycles. The van der Waals surface area contributed by atoms with Crippen molar-refractivity contribution in [2.24, 2.45) is 0 Å². The van der Waals surface area contributed by atoms with Gasteiger partial charge >= 0.3 is 0 Å². The first-order valence-electron chi connectivity index (χ1n) is 6.08. The quantitative estimate of drug-likeness (QED) is 0.864. The van der Waals surface area contributed by atoms with E-state index < -0.39 is 6.10 Å². The van der Waals surface area contributed by atoms with Crippen molar-refractivity contribution >= 4 is 11.3 Å². The van der Waals surface area contributed by atoms with Crippen molar-refractivity contribution in [2.75, 3.05) is 7.11 Å². The van der Waals surface area contributed by atoms with Crippen molar-refractivity contribution in [1.29, 1.82) is 0 Å². The van der Waals surface area contributed by atoms with E-state index in [1.165, 1.54) is 5.56 Å². The van der Waals surface area contributed by atoms with E-state index in [1.54, 1.807) is 18.4 Å². The summed E-state index contributed by atoms with van der Waals surface area (Å²) in [5.74, 6) is 0. The highest BCUT2D eigenvalue weighted by molar-refractivity contribution is 7.07. The highest BCUT2D eigenvalue weighted by Gasteiger charge is 2.20. The number of methoxy groups -OCH3 is 1. The van der Waals surface area contributed by atoms with Gasteiger partial charge < -0.3 is 9.84 Å². The first-order valence-corrected chi connectivity index (χ1v) is 7.02. The molecule has 1 heterocycles. The molecule has 0 aliphatic rings. The number of aliphatic hydroxyl groups is 1. The SMILES string of the molecule is COC(c1ccccc1)C(O)CCc1ccsc1. The lowest BCUT2D eigenvalue weighted by atomic mass is 9.99. The molecule has 3 heteroatoms. The maximum Gasteiger partial charge on any atom is 0.108 e. The molecular weight excluding hydrogens is 244 g/mol. The third kappa shape index (κ3) is 3.42. The Balaban J connectivity index is 1.95. The Labute approximate surface area is 112 Å². The second-order valence-electron chi connectivity index (χ2n) is 4.30. The van der Waals surface area contributed by atoms with Gasteiger partial charge in [0.25, 0.3) is 0 Å². The van der Waals surface area contributed by atoms with Crippen molar-refractivity contribution in [3.05, 3.63) is 58.3 Å². The third-order valence-corrected chi connectivity index (χ3v) is 3.77. The van der Waals surface area contributed by atoms with Gasteiger partial charge in [-0.25, -0.2) is 0 Å². The number of thiophene rings is 1. The van der Waals surface area contributed by atoms with E-state index in [2.05, 4.69) is 16.8 Å². The monoisotopic (exact) mass is 262 g/mol. The van der Waals surface area contributed by atoms with E-state index in [-0.39, 0.29) is 6.10 Å². The fourth-order valence-electron chi connectivity index (χ4n) is 2.06. The smallest absolute Gasteiger partial charge is 0.108 e. The normalized spacial score (nSPS) is 14.3. The predicted octanol–water partition coefficient (Wildman–Crippen LogP) is 3.43. The molecule has 1 aromatic heterocycles. The van der Waals surface area contributed by atoms with Crippen LogP contribution in [0.1, 0.15) is 23.7 Å². The second kappa shape index (κ2) is 6.69. The number of hydrogen-bond donors (Lipinski definition) is 1. The molecule has 0 aliphatic carbocycles. The van der Waals surface area contributed by atoms with Crippen LogP contribution >= 0.6 is 11.3 Å². The van der Waals surface area contributed by atoms with Gasteiger partial charge in [0.2, 0.25) is 0 Å². The van der Waals surface area contributed by atoms with Gasteiger partial charge in [0.1, 0.15) is 6.10 Å². The molecule has 1 aromatic carbocycles. The molecule has 2 unspecified atom stereocenters. The minimum absolute atomic E-state index is 0.246. The van der Waals surface area contributed by atoms with Gasteiger partial charge in [0, 0.05) is 7.11 Å². The molecule has 0 bridgehead atoms. The lowest BCUT2D eigenvalue weighted by Crippen LogP contribution is -2.20. The largest absolute Gasteiger partial charge is 0.390 e. The van der Waals surface area contributed by atoms with E-state index in [1.807, 2.05) is 30.3 Å². The Kier molecular flexibility index (Phi) is 4.93. The Morgan fingerprint density at radius 3 is 2.61 bits per heavy atom. The number of rotatable bonds is 6. The Morgan fingerprint density at radius 1 is 1.22 bits per heavy atom. The summed E-state index contributed by atoms with van der Waals surface area (Å²) in [7, 11) is 1.64. The van der Waals surface area contributed by atoms with E-state index in [0.717, 1.165) is 12.0 Å². The topological polar surface area (TPSA) is 29.5 Å². The molecule has 18 heavy (non-hydrogen) atoms. The Hall–Kier alpha value is -1.16. The zero-order valence-corrected chi connectivity index (χ0v) is 11.3. The van der Waals surface area contributed by atoms with Crippen LogP contribution < -0.4 is 0 Å². The van der Waals surface area contributed by atoms with Crippen LogP contribution in [0.3, 0.4) is 0 Å². The van der Waals surface area contributed by atoms with E-state index >= 15 is 0 Å². The minimum Gasteiger partial charge on any atom is -0.390 e. The molecule has 2 atom stereocenters. The highest BCUT2D eigenvalue weighted by Crippen LogP contribution is 2.23. The summed E-state index contributed by atoms with van der Waals surface area (Å²) >= 11 is 1.69.